The number of nitrogens with zero attached hydrogens (tertiary/aromatic N) is 3. The summed E-state index contributed by atoms with van der Waals surface area (Å²) in [6.45, 7) is 7.91. The summed E-state index contributed by atoms with van der Waals surface area (Å²) in [5.41, 5.74) is 0. The molecule has 6 heteroatoms. The first-order valence-electron chi connectivity index (χ1n) is 8.93. The summed E-state index contributed by atoms with van der Waals surface area (Å²) in [4.78, 5) is 19.4. The molecule has 2 aliphatic rings. The molecule has 0 bridgehead atoms. The molecule has 6 nitrogen and oxygen atoms in total. The number of ether oxygens (including phenoxy) is 1. The van der Waals surface area contributed by atoms with Gasteiger partial charge < -0.3 is 23.9 Å². The first-order chi connectivity index (χ1) is 11.7. The van der Waals surface area contributed by atoms with Gasteiger partial charge in [0.25, 0.3) is 5.91 Å². The lowest BCUT2D eigenvalue weighted by atomic mass is 9.95. The third-order valence-electron chi connectivity index (χ3n) is 5.17. The van der Waals surface area contributed by atoms with Crippen LogP contribution in [-0.2, 0) is 11.3 Å². The quantitative estimate of drug-likeness (QED) is 0.817. The molecular weight excluding hydrogens is 306 g/mol. The van der Waals surface area contributed by atoms with Gasteiger partial charge >= 0.3 is 0 Å². The van der Waals surface area contributed by atoms with Crippen LogP contribution in [0.4, 0.5) is 0 Å². The number of carbonyl (C=O) groups is 1. The summed E-state index contributed by atoms with van der Waals surface area (Å²) in [6, 6.07) is 3.57. The van der Waals surface area contributed by atoms with Crippen molar-refractivity contribution in [2.24, 2.45) is 5.92 Å². The smallest absolute Gasteiger partial charge is 0.289 e. The van der Waals surface area contributed by atoms with Gasteiger partial charge in [-0.15, -0.1) is 0 Å². The maximum absolute atomic E-state index is 12.5. The molecule has 0 unspecified atom stereocenters. The molecule has 0 spiro atoms. The Balaban J connectivity index is 1.45. The van der Waals surface area contributed by atoms with Crippen molar-refractivity contribution in [3.8, 4) is 0 Å². The molecule has 0 N–H and O–H groups in total. The van der Waals surface area contributed by atoms with E-state index in [0.29, 0.717) is 24.0 Å². The number of methoxy groups -OCH3 is 1. The molecule has 24 heavy (non-hydrogen) atoms. The molecule has 0 atom stereocenters. The fourth-order valence-electron chi connectivity index (χ4n) is 3.58. The Morgan fingerprint density at radius 3 is 2.54 bits per heavy atom. The van der Waals surface area contributed by atoms with E-state index in [1.54, 1.807) is 13.2 Å². The average molecular weight is 335 g/mol. The summed E-state index contributed by atoms with van der Waals surface area (Å²) in [5, 5.41) is 0. The van der Waals surface area contributed by atoms with Gasteiger partial charge in [0.05, 0.1) is 0 Å². The van der Waals surface area contributed by atoms with Crippen LogP contribution in [-0.4, -0.2) is 80.6 Å². The van der Waals surface area contributed by atoms with E-state index in [1.165, 1.54) is 32.7 Å². The number of furan rings is 1. The Kier molecular flexibility index (Phi) is 5.92. The van der Waals surface area contributed by atoms with Gasteiger partial charge in [0.15, 0.2) is 5.76 Å². The number of rotatable bonds is 5. The number of piperazine rings is 1. The highest BCUT2D eigenvalue weighted by atomic mass is 16.5. The Labute approximate surface area is 144 Å². The summed E-state index contributed by atoms with van der Waals surface area (Å²) in [5.74, 6) is 1.85. The van der Waals surface area contributed by atoms with E-state index in [0.717, 1.165) is 25.9 Å². The van der Waals surface area contributed by atoms with Crippen LogP contribution in [0.5, 0.6) is 0 Å². The van der Waals surface area contributed by atoms with Crippen molar-refractivity contribution >= 4 is 5.91 Å². The van der Waals surface area contributed by atoms with Crippen LogP contribution in [0.2, 0.25) is 0 Å². The van der Waals surface area contributed by atoms with Gasteiger partial charge in [0.2, 0.25) is 0 Å². The van der Waals surface area contributed by atoms with Crippen LogP contribution in [0.3, 0.4) is 0 Å². The van der Waals surface area contributed by atoms with E-state index < -0.39 is 0 Å². The lowest BCUT2D eigenvalue weighted by Gasteiger charge is -2.37. The second-order valence-electron chi connectivity index (χ2n) is 7.04. The predicted molar refractivity (Wildman–Crippen MR) is 92.0 cm³/mol. The van der Waals surface area contributed by atoms with Crippen molar-refractivity contribution in [3.63, 3.8) is 0 Å². The van der Waals surface area contributed by atoms with Crippen LogP contribution in [0.25, 0.3) is 0 Å². The third kappa shape index (κ3) is 4.37. The number of hydrogen-bond donors (Lipinski definition) is 0. The lowest BCUT2D eigenvalue weighted by Crippen LogP contribution is -2.47. The fourth-order valence-corrected chi connectivity index (χ4v) is 3.58. The Morgan fingerprint density at radius 2 is 1.88 bits per heavy atom. The second kappa shape index (κ2) is 8.14. The van der Waals surface area contributed by atoms with Crippen molar-refractivity contribution in [2.75, 3.05) is 60.0 Å². The number of hydrogen-bond acceptors (Lipinski definition) is 5. The van der Waals surface area contributed by atoms with Crippen LogP contribution < -0.4 is 0 Å². The summed E-state index contributed by atoms with van der Waals surface area (Å²) >= 11 is 0. The highest BCUT2D eigenvalue weighted by molar-refractivity contribution is 5.91. The van der Waals surface area contributed by atoms with Crippen molar-refractivity contribution < 1.29 is 13.9 Å². The van der Waals surface area contributed by atoms with E-state index in [1.807, 2.05) is 11.0 Å². The minimum absolute atomic E-state index is 0.00963. The SMILES string of the molecule is COCc1ccc(C(=O)N2CCC(CN3CCN(C)CC3)CC2)o1. The van der Waals surface area contributed by atoms with Crippen LogP contribution in [0, 0.1) is 5.92 Å². The number of amides is 1. The highest BCUT2D eigenvalue weighted by Gasteiger charge is 2.27. The third-order valence-corrected chi connectivity index (χ3v) is 5.17. The number of piperidine rings is 1. The number of likely N-dealkylation sites (N-methyl/N-ethyl adjacent to an activating group) is 1. The highest BCUT2D eigenvalue weighted by Crippen LogP contribution is 2.21. The minimum Gasteiger partial charge on any atom is -0.453 e. The molecule has 134 valence electrons. The molecule has 3 rings (SSSR count). The largest absolute Gasteiger partial charge is 0.453 e. The van der Waals surface area contributed by atoms with Crippen molar-refractivity contribution in [2.45, 2.75) is 19.4 Å². The summed E-state index contributed by atoms with van der Waals surface area (Å²) < 4.78 is 10.6. The molecule has 1 aromatic heterocycles. The Morgan fingerprint density at radius 1 is 1.17 bits per heavy atom. The normalized spacial score (nSPS) is 21.3. The molecule has 3 heterocycles. The lowest BCUT2D eigenvalue weighted by molar-refractivity contribution is 0.0608. The zero-order valence-corrected chi connectivity index (χ0v) is 14.9. The zero-order valence-electron chi connectivity index (χ0n) is 14.9. The second-order valence-corrected chi connectivity index (χ2v) is 7.04. The minimum atomic E-state index is 0.00963. The molecule has 2 fully saturated rings. The topological polar surface area (TPSA) is 49.2 Å². The predicted octanol–water partition coefficient (Wildman–Crippen LogP) is 1.53. The summed E-state index contributed by atoms with van der Waals surface area (Å²) in [7, 11) is 3.81. The van der Waals surface area contributed by atoms with Gasteiger partial charge in [-0.1, -0.05) is 0 Å². The monoisotopic (exact) mass is 335 g/mol. The molecule has 2 saturated heterocycles. The van der Waals surface area contributed by atoms with Gasteiger partial charge in [-0.3, -0.25) is 4.79 Å². The van der Waals surface area contributed by atoms with Crippen molar-refractivity contribution in [1.82, 2.24) is 14.7 Å². The van der Waals surface area contributed by atoms with Gasteiger partial charge in [-0.05, 0) is 37.9 Å². The van der Waals surface area contributed by atoms with E-state index >= 15 is 0 Å². The van der Waals surface area contributed by atoms with Crippen molar-refractivity contribution in [1.29, 1.82) is 0 Å². The molecule has 0 aromatic carbocycles. The number of carbonyl (C=O) groups excluding carboxylic acids is 1. The van der Waals surface area contributed by atoms with Gasteiger partial charge in [0.1, 0.15) is 12.4 Å². The van der Waals surface area contributed by atoms with Crippen LogP contribution in [0.15, 0.2) is 16.5 Å². The molecule has 1 amide bonds. The van der Waals surface area contributed by atoms with E-state index in [4.69, 9.17) is 9.15 Å². The van der Waals surface area contributed by atoms with Gasteiger partial charge in [-0.2, -0.15) is 0 Å². The van der Waals surface area contributed by atoms with Crippen LogP contribution >= 0.6 is 0 Å². The molecule has 2 aliphatic heterocycles. The van der Waals surface area contributed by atoms with E-state index in [-0.39, 0.29) is 5.91 Å². The average Bonchev–Trinajstić information content (AvgIpc) is 3.06. The first-order valence-corrected chi connectivity index (χ1v) is 8.93. The van der Waals surface area contributed by atoms with E-state index in [9.17, 15) is 4.79 Å². The molecule has 0 aliphatic carbocycles. The summed E-state index contributed by atoms with van der Waals surface area (Å²) in [6.07, 6.45) is 2.17. The molecule has 0 saturated carbocycles. The maximum Gasteiger partial charge on any atom is 0.289 e. The fraction of sp³-hybridized carbons (Fsp3) is 0.722. The van der Waals surface area contributed by atoms with E-state index in [2.05, 4.69) is 16.8 Å². The molecular formula is C18H29N3O3. The standard InChI is InChI=1S/C18H29N3O3/c1-19-9-11-20(12-10-19)13-15-5-7-21(8-6-15)18(22)17-4-3-16(24-17)14-23-2/h3-4,15H,5-14H2,1-2H3. The maximum atomic E-state index is 12.5. The zero-order chi connectivity index (χ0) is 16.9. The van der Waals surface area contributed by atoms with Gasteiger partial charge in [-0.25, -0.2) is 0 Å². The Bertz CT molecular complexity index is 529. The van der Waals surface area contributed by atoms with Gasteiger partial charge in [0, 0.05) is 52.9 Å². The molecule has 1 aromatic rings. The van der Waals surface area contributed by atoms with Crippen LogP contribution in [0.1, 0.15) is 29.2 Å². The number of likely N-dealkylation sites (tertiary alicyclic amines) is 1. The first kappa shape index (κ1) is 17.5. The molecule has 0 radical (unpaired) electrons. The van der Waals surface area contributed by atoms with Crippen molar-refractivity contribution in [3.05, 3.63) is 23.7 Å². The Hall–Kier alpha value is -1.37.